The third kappa shape index (κ3) is 4.99. The Kier molecular flexibility index (Phi) is 7.63. The number of ether oxygens (including phenoxy) is 1. The number of nitrogens with zero attached hydrogens (tertiary/aromatic N) is 6. The maximum Gasteiger partial charge on any atom is 0.319 e. The molecular formula is C35H38F2N6O2. The summed E-state index contributed by atoms with van der Waals surface area (Å²) in [4.78, 5) is 32.6. The van der Waals surface area contributed by atoms with Crippen LogP contribution in [0.15, 0.2) is 49.2 Å². The van der Waals surface area contributed by atoms with Gasteiger partial charge in [-0.15, -0.1) is 0 Å². The molecule has 3 aliphatic rings. The minimum absolute atomic E-state index is 0.0348. The number of likely N-dealkylation sites (tertiary alicyclic amines) is 1. The summed E-state index contributed by atoms with van der Waals surface area (Å²) in [6.45, 7) is 9.17. The minimum Gasteiger partial charge on any atom is -0.461 e. The van der Waals surface area contributed by atoms with Crippen LogP contribution in [0.5, 0.6) is 6.01 Å². The lowest BCUT2D eigenvalue weighted by molar-refractivity contribution is -0.125. The molecule has 7 rings (SSSR count). The first-order chi connectivity index (χ1) is 21.8. The normalized spacial score (nSPS) is 19.4. The first kappa shape index (κ1) is 29.5. The molecule has 3 fully saturated rings. The molecule has 4 aromatic rings. The van der Waals surface area contributed by atoms with E-state index in [4.69, 9.17) is 9.72 Å². The Bertz CT molecular complexity index is 1800. The number of hydrogen-bond acceptors (Lipinski definition) is 7. The monoisotopic (exact) mass is 612 g/mol. The lowest BCUT2D eigenvalue weighted by Crippen LogP contribution is -2.43. The Balaban J connectivity index is 1.34. The molecule has 1 atom stereocenters. The number of pyridine rings is 1. The van der Waals surface area contributed by atoms with Gasteiger partial charge in [0.05, 0.1) is 10.9 Å². The minimum atomic E-state index is -0.607. The largest absolute Gasteiger partial charge is 0.461 e. The standard InChI is InChI=1S/C35H38F2N6O2/c1-4-24-27(36)12-11-22-9-6-10-25(29(22)24)31-30(37)32-26(19-38-31)33(41(3)23-13-18-42(20-23)28(44)5-2)40-34(39-32)45-21-35-14-7-16-43(35)17-8-15-35/h5-6,9-12,19,23H,2,4,7-8,13-18,20-21H2,1,3H3/t23-/m1/s1. The van der Waals surface area contributed by atoms with Crippen LogP contribution in [-0.2, 0) is 11.2 Å². The van der Waals surface area contributed by atoms with Crippen molar-refractivity contribution < 1.29 is 18.3 Å². The van der Waals surface area contributed by atoms with Crippen LogP contribution >= 0.6 is 0 Å². The number of benzene rings is 2. The van der Waals surface area contributed by atoms with Crippen molar-refractivity contribution in [3.05, 3.63) is 66.4 Å². The number of carbonyl (C=O) groups excluding carboxylic acids is 1. The van der Waals surface area contributed by atoms with E-state index < -0.39 is 5.82 Å². The Morgan fingerprint density at radius 2 is 1.96 bits per heavy atom. The van der Waals surface area contributed by atoms with Crippen LogP contribution in [0.4, 0.5) is 14.6 Å². The number of likely N-dealkylation sites (N-methyl/N-ethyl adjacent to an activating group) is 1. The van der Waals surface area contributed by atoms with Gasteiger partial charge in [-0.2, -0.15) is 9.97 Å². The van der Waals surface area contributed by atoms with Crippen molar-refractivity contribution in [3.63, 3.8) is 0 Å². The van der Waals surface area contributed by atoms with Crippen molar-refractivity contribution in [2.75, 3.05) is 44.7 Å². The molecule has 2 aromatic carbocycles. The summed E-state index contributed by atoms with van der Waals surface area (Å²) >= 11 is 0. The van der Waals surface area contributed by atoms with Gasteiger partial charge in [0, 0.05) is 37.9 Å². The Morgan fingerprint density at radius 3 is 2.71 bits per heavy atom. The fourth-order valence-corrected chi connectivity index (χ4v) is 7.73. The molecule has 2 aromatic heterocycles. The lowest BCUT2D eigenvalue weighted by Gasteiger charge is -2.31. The fraction of sp³-hybridized carbons (Fsp3) is 0.429. The third-order valence-corrected chi connectivity index (χ3v) is 10.2. The van der Waals surface area contributed by atoms with E-state index in [-0.39, 0.29) is 40.5 Å². The topological polar surface area (TPSA) is 74.7 Å². The van der Waals surface area contributed by atoms with Crippen LogP contribution in [0.2, 0.25) is 0 Å². The summed E-state index contributed by atoms with van der Waals surface area (Å²) in [6, 6.07) is 8.74. The molecule has 8 nitrogen and oxygen atoms in total. The first-order valence-electron chi connectivity index (χ1n) is 15.9. The van der Waals surface area contributed by atoms with E-state index in [2.05, 4.69) is 21.4 Å². The second-order valence-electron chi connectivity index (χ2n) is 12.5. The van der Waals surface area contributed by atoms with Crippen LogP contribution in [0.3, 0.4) is 0 Å². The second-order valence-corrected chi connectivity index (χ2v) is 12.5. The Hall–Kier alpha value is -4.18. The maximum atomic E-state index is 16.8. The summed E-state index contributed by atoms with van der Waals surface area (Å²) in [7, 11) is 1.90. The molecule has 45 heavy (non-hydrogen) atoms. The van der Waals surface area contributed by atoms with Crippen LogP contribution in [-0.4, -0.2) is 82.1 Å². The molecule has 3 saturated heterocycles. The van der Waals surface area contributed by atoms with E-state index in [1.807, 2.05) is 31.0 Å². The number of anilines is 1. The van der Waals surface area contributed by atoms with Gasteiger partial charge in [0.15, 0.2) is 5.82 Å². The predicted octanol–water partition coefficient (Wildman–Crippen LogP) is 5.92. The SMILES string of the molecule is C=CC(=O)N1CC[C@@H](N(C)c2nc(OCC34CCCN3CCC4)nc3c(F)c(-c4cccc5ccc(F)c(CC)c45)ncc23)C1. The van der Waals surface area contributed by atoms with Gasteiger partial charge < -0.3 is 14.5 Å². The van der Waals surface area contributed by atoms with E-state index >= 15 is 4.39 Å². The van der Waals surface area contributed by atoms with Gasteiger partial charge in [0.25, 0.3) is 0 Å². The molecule has 5 heterocycles. The number of carbonyl (C=O) groups is 1. The Labute approximate surface area is 261 Å². The lowest BCUT2D eigenvalue weighted by atomic mass is 9.95. The summed E-state index contributed by atoms with van der Waals surface area (Å²) < 4.78 is 38.1. The number of rotatable bonds is 8. The molecule has 3 aliphatic heterocycles. The highest BCUT2D eigenvalue weighted by atomic mass is 19.1. The van der Waals surface area contributed by atoms with Crippen molar-refractivity contribution in [1.29, 1.82) is 0 Å². The molecular weight excluding hydrogens is 574 g/mol. The predicted molar refractivity (Wildman–Crippen MR) is 171 cm³/mol. The molecule has 0 saturated carbocycles. The summed E-state index contributed by atoms with van der Waals surface area (Å²) in [6.07, 6.45) is 8.49. The number of amides is 1. The highest BCUT2D eigenvalue weighted by Gasteiger charge is 2.45. The van der Waals surface area contributed by atoms with Crippen molar-refractivity contribution in [1.82, 2.24) is 24.8 Å². The van der Waals surface area contributed by atoms with Gasteiger partial charge in [-0.1, -0.05) is 37.8 Å². The van der Waals surface area contributed by atoms with Crippen LogP contribution in [0, 0.1) is 11.6 Å². The van der Waals surface area contributed by atoms with Crippen LogP contribution in [0.25, 0.3) is 32.9 Å². The van der Waals surface area contributed by atoms with E-state index in [0.29, 0.717) is 53.8 Å². The van der Waals surface area contributed by atoms with Crippen LogP contribution < -0.4 is 9.64 Å². The van der Waals surface area contributed by atoms with Crippen molar-refractivity contribution >= 4 is 33.4 Å². The number of aryl methyl sites for hydroxylation is 1. The maximum absolute atomic E-state index is 16.8. The zero-order valence-corrected chi connectivity index (χ0v) is 25.9. The van der Waals surface area contributed by atoms with Crippen molar-refractivity contribution in [3.8, 4) is 17.3 Å². The summed E-state index contributed by atoms with van der Waals surface area (Å²) in [5, 5.41) is 1.91. The average Bonchev–Trinajstić information content (AvgIpc) is 3.80. The van der Waals surface area contributed by atoms with E-state index in [9.17, 15) is 9.18 Å². The smallest absolute Gasteiger partial charge is 0.319 e. The van der Waals surface area contributed by atoms with Gasteiger partial charge in [0.2, 0.25) is 5.91 Å². The van der Waals surface area contributed by atoms with E-state index in [0.717, 1.165) is 50.6 Å². The van der Waals surface area contributed by atoms with Gasteiger partial charge in [-0.05, 0) is 80.1 Å². The van der Waals surface area contributed by atoms with Gasteiger partial charge in [-0.3, -0.25) is 14.7 Å². The van der Waals surface area contributed by atoms with Crippen molar-refractivity contribution in [2.24, 2.45) is 0 Å². The zero-order chi connectivity index (χ0) is 31.3. The second kappa shape index (κ2) is 11.6. The van der Waals surface area contributed by atoms with Gasteiger partial charge >= 0.3 is 6.01 Å². The first-order valence-corrected chi connectivity index (χ1v) is 15.9. The zero-order valence-electron chi connectivity index (χ0n) is 25.9. The summed E-state index contributed by atoms with van der Waals surface area (Å²) in [5.74, 6) is -0.552. The quantitative estimate of drug-likeness (QED) is 0.229. The number of fused-ring (bicyclic) bond motifs is 3. The van der Waals surface area contributed by atoms with Gasteiger partial charge in [0.1, 0.15) is 29.5 Å². The molecule has 0 N–H and O–H groups in total. The van der Waals surface area contributed by atoms with E-state index in [1.54, 1.807) is 23.2 Å². The molecule has 1 amide bonds. The highest BCUT2D eigenvalue weighted by molar-refractivity contribution is 6.01. The Morgan fingerprint density at radius 1 is 1.16 bits per heavy atom. The summed E-state index contributed by atoms with van der Waals surface area (Å²) in [5.41, 5.74) is 1.20. The number of aromatic nitrogens is 3. The molecule has 0 bridgehead atoms. The fourth-order valence-electron chi connectivity index (χ4n) is 7.73. The average molecular weight is 613 g/mol. The molecule has 0 unspecified atom stereocenters. The van der Waals surface area contributed by atoms with Gasteiger partial charge in [-0.25, -0.2) is 8.78 Å². The molecule has 10 heteroatoms. The molecule has 0 aliphatic carbocycles. The van der Waals surface area contributed by atoms with Crippen molar-refractivity contribution in [2.45, 2.75) is 57.0 Å². The number of hydrogen-bond donors (Lipinski definition) is 0. The third-order valence-electron chi connectivity index (χ3n) is 10.2. The van der Waals surface area contributed by atoms with Crippen LogP contribution in [0.1, 0.15) is 44.6 Å². The molecule has 234 valence electrons. The number of halogens is 2. The van der Waals surface area contributed by atoms with E-state index in [1.165, 1.54) is 12.1 Å². The molecule has 0 spiro atoms. The molecule has 0 radical (unpaired) electrons. The highest BCUT2D eigenvalue weighted by Crippen LogP contribution is 2.40.